The van der Waals surface area contributed by atoms with Crippen molar-refractivity contribution in [3.05, 3.63) is 46.7 Å². The van der Waals surface area contributed by atoms with E-state index in [4.69, 9.17) is 4.74 Å². The van der Waals surface area contributed by atoms with Gasteiger partial charge in [0.05, 0.1) is 18.2 Å². The molecule has 0 fully saturated rings. The second-order valence-corrected chi connectivity index (χ2v) is 6.30. The van der Waals surface area contributed by atoms with Crippen molar-refractivity contribution >= 4 is 12.0 Å². The average Bonchev–Trinajstić information content (AvgIpc) is 2.46. The zero-order valence-electron chi connectivity index (χ0n) is 14.1. The van der Waals surface area contributed by atoms with Crippen LogP contribution in [-0.4, -0.2) is 18.6 Å². The third-order valence-electron chi connectivity index (χ3n) is 3.83. The van der Waals surface area contributed by atoms with Crippen LogP contribution in [-0.2, 0) is 9.53 Å². The molecule has 124 valence electrons. The number of benzene rings is 1. The fourth-order valence-corrected chi connectivity index (χ4v) is 2.44. The number of esters is 1. The van der Waals surface area contributed by atoms with Gasteiger partial charge in [-0.15, -0.1) is 0 Å². The lowest BCUT2D eigenvalue weighted by Gasteiger charge is -2.28. The number of aryl methyl sites for hydroxylation is 1. The molecule has 1 aliphatic heterocycles. The van der Waals surface area contributed by atoms with Crippen molar-refractivity contribution in [1.82, 2.24) is 10.6 Å². The first kappa shape index (κ1) is 17.1. The molecule has 0 spiro atoms. The molecule has 5 nitrogen and oxygen atoms in total. The Hall–Kier alpha value is -2.30. The van der Waals surface area contributed by atoms with Crippen molar-refractivity contribution in [2.75, 3.05) is 6.61 Å². The Morgan fingerprint density at radius 2 is 1.87 bits per heavy atom. The number of amides is 2. The van der Waals surface area contributed by atoms with Crippen molar-refractivity contribution < 1.29 is 14.3 Å². The van der Waals surface area contributed by atoms with E-state index in [9.17, 15) is 9.59 Å². The second-order valence-electron chi connectivity index (χ2n) is 6.30. The highest BCUT2D eigenvalue weighted by molar-refractivity contribution is 5.95. The Balaban J connectivity index is 2.24. The topological polar surface area (TPSA) is 67.4 Å². The van der Waals surface area contributed by atoms with Gasteiger partial charge in [-0.05, 0) is 31.7 Å². The van der Waals surface area contributed by atoms with Crippen LogP contribution < -0.4 is 10.6 Å². The molecular formula is C18H24N2O3. The van der Waals surface area contributed by atoms with E-state index in [1.165, 1.54) is 0 Å². The minimum Gasteiger partial charge on any atom is -0.462 e. The standard InChI is InChI=1S/C18H24N2O3/c1-11(2)9-10-23-17(21)15-13(4)19-18(22)20-16(15)14-7-5-12(3)6-8-14/h5-8,11,16H,9-10H2,1-4H3,(H2,19,20,22)/t16-/m0/s1. The van der Waals surface area contributed by atoms with Gasteiger partial charge in [-0.1, -0.05) is 43.7 Å². The molecule has 1 aliphatic rings. The third kappa shape index (κ3) is 4.34. The van der Waals surface area contributed by atoms with Crippen LogP contribution in [0.3, 0.4) is 0 Å². The van der Waals surface area contributed by atoms with E-state index < -0.39 is 6.04 Å². The summed E-state index contributed by atoms with van der Waals surface area (Å²) in [6.07, 6.45) is 0.813. The maximum Gasteiger partial charge on any atom is 0.338 e. The van der Waals surface area contributed by atoms with Crippen LogP contribution in [0.25, 0.3) is 0 Å². The lowest BCUT2D eigenvalue weighted by atomic mass is 9.95. The van der Waals surface area contributed by atoms with E-state index in [1.54, 1.807) is 6.92 Å². The smallest absolute Gasteiger partial charge is 0.338 e. The molecule has 0 saturated heterocycles. The third-order valence-corrected chi connectivity index (χ3v) is 3.83. The van der Waals surface area contributed by atoms with E-state index in [0.29, 0.717) is 23.8 Å². The summed E-state index contributed by atoms with van der Waals surface area (Å²) in [5, 5.41) is 5.45. The van der Waals surface area contributed by atoms with Gasteiger partial charge in [0.1, 0.15) is 0 Å². The summed E-state index contributed by atoms with van der Waals surface area (Å²) >= 11 is 0. The number of allylic oxidation sites excluding steroid dienone is 1. The molecular weight excluding hydrogens is 292 g/mol. The molecule has 23 heavy (non-hydrogen) atoms. The van der Waals surface area contributed by atoms with Crippen molar-refractivity contribution in [2.45, 2.75) is 40.2 Å². The molecule has 2 amide bonds. The number of carbonyl (C=O) groups excluding carboxylic acids is 2. The molecule has 0 saturated carbocycles. The van der Waals surface area contributed by atoms with Crippen LogP contribution in [0.2, 0.25) is 0 Å². The summed E-state index contributed by atoms with van der Waals surface area (Å²) in [5.41, 5.74) is 2.97. The Labute approximate surface area is 137 Å². The lowest BCUT2D eigenvalue weighted by molar-refractivity contribution is -0.139. The van der Waals surface area contributed by atoms with Crippen molar-refractivity contribution in [2.24, 2.45) is 5.92 Å². The summed E-state index contributed by atoms with van der Waals surface area (Å²) in [4.78, 5) is 24.3. The highest BCUT2D eigenvalue weighted by Gasteiger charge is 2.32. The maximum atomic E-state index is 12.5. The van der Waals surface area contributed by atoms with Gasteiger partial charge in [-0.25, -0.2) is 9.59 Å². The van der Waals surface area contributed by atoms with Crippen molar-refractivity contribution in [3.63, 3.8) is 0 Å². The maximum absolute atomic E-state index is 12.5. The van der Waals surface area contributed by atoms with E-state index in [-0.39, 0.29) is 12.0 Å². The predicted octanol–water partition coefficient (Wildman–Crippen LogP) is 3.21. The minimum atomic E-state index is -0.490. The second kappa shape index (κ2) is 7.31. The molecule has 1 heterocycles. The van der Waals surface area contributed by atoms with E-state index in [2.05, 4.69) is 24.5 Å². The van der Waals surface area contributed by atoms with Crippen molar-refractivity contribution in [3.8, 4) is 0 Å². The van der Waals surface area contributed by atoms with Gasteiger partial charge >= 0.3 is 12.0 Å². The first-order chi connectivity index (χ1) is 10.9. The van der Waals surface area contributed by atoms with Crippen LogP contribution in [0.5, 0.6) is 0 Å². The fourth-order valence-electron chi connectivity index (χ4n) is 2.44. The average molecular weight is 316 g/mol. The largest absolute Gasteiger partial charge is 0.462 e. The Morgan fingerprint density at radius 1 is 1.22 bits per heavy atom. The molecule has 0 aromatic heterocycles. The molecule has 0 radical (unpaired) electrons. The number of hydrogen-bond acceptors (Lipinski definition) is 3. The quantitative estimate of drug-likeness (QED) is 0.820. The number of ether oxygens (including phenoxy) is 1. The Bertz CT molecular complexity index is 618. The zero-order chi connectivity index (χ0) is 17.0. The van der Waals surface area contributed by atoms with E-state index in [1.807, 2.05) is 31.2 Å². The van der Waals surface area contributed by atoms with Crippen LogP contribution in [0.1, 0.15) is 44.4 Å². The summed E-state index contributed by atoms with van der Waals surface area (Å²) in [5.74, 6) is 0.0798. The number of urea groups is 1. The van der Waals surface area contributed by atoms with Gasteiger partial charge in [-0.3, -0.25) is 0 Å². The van der Waals surface area contributed by atoms with Gasteiger partial charge in [0.25, 0.3) is 0 Å². The van der Waals surface area contributed by atoms with Crippen molar-refractivity contribution in [1.29, 1.82) is 0 Å². The van der Waals surface area contributed by atoms with Gasteiger partial charge in [0, 0.05) is 5.70 Å². The SMILES string of the molecule is CC1=C(C(=O)OCCC(C)C)[C@H](c2ccc(C)cc2)NC(=O)N1. The number of rotatable bonds is 5. The van der Waals surface area contributed by atoms with Crippen LogP contribution in [0.15, 0.2) is 35.5 Å². The molecule has 5 heteroatoms. The molecule has 0 unspecified atom stereocenters. The molecule has 1 aromatic rings. The van der Waals surface area contributed by atoms with E-state index >= 15 is 0 Å². The molecule has 2 rings (SSSR count). The minimum absolute atomic E-state index is 0.313. The normalized spacial score (nSPS) is 17.8. The van der Waals surface area contributed by atoms with Gasteiger partial charge < -0.3 is 15.4 Å². The first-order valence-corrected chi connectivity index (χ1v) is 7.90. The molecule has 1 atom stereocenters. The molecule has 0 bridgehead atoms. The molecule has 0 aliphatic carbocycles. The van der Waals surface area contributed by atoms with Gasteiger partial charge in [-0.2, -0.15) is 0 Å². The van der Waals surface area contributed by atoms with Gasteiger partial charge in [0.2, 0.25) is 0 Å². The monoisotopic (exact) mass is 316 g/mol. The summed E-state index contributed by atoms with van der Waals surface area (Å²) in [6, 6.07) is 6.95. The lowest BCUT2D eigenvalue weighted by Crippen LogP contribution is -2.45. The summed E-state index contributed by atoms with van der Waals surface area (Å²) in [6.45, 7) is 8.25. The number of nitrogens with one attached hydrogen (secondary N) is 2. The van der Waals surface area contributed by atoms with Crippen LogP contribution in [0, 0.1) is 12.8 Å². The number of carbonyl (C=O) groups is 2. The molecule has 2 N–H and O–H groups in total. The van der Waals surface area contributed by atoms with Gasteiger partial charge in [0.15, 0.2) is 0 Å². The summed E-state index contributed by atoms with van der Waals surface area (Å²) in [7, 11) is 0. The Kier molecular flexibility index (Phi) is 5.42. The van der Waals surface area contributed by atoms with E-state index in [0.717, 1.165) is 17.5 Å². The number of hydrogen-bond donors (Lipinski definition) is 2. The Morgan fingerprint density at radius 3 is 2.48 bits per heavy atom. The highest BCUT2D eigenvalue weighted by atomic mass is 16.5. The molecule has 1 aromatic carbocycles. The van der Waals surface area contributed by atoms with Crippen LogP contribution in [0.4, 0.5) is 4.79 Å². The zero-order valence-corrected chi connectivity index (χ0v) is 14.1. The summed E-state index contributed by atoms with van der Waals surface area (Å²) < 4.78 is 5.39. The first-order valence-electron chi connectivity index (χ1n) is 7.90. The fraction of sp³-hybridized carbons (Fsp3) is 0.444. The highest BCUT2D eigenvalue weighted by Crippen LogP contribution is 2.27. The predicted molar refractivity (Wildman–Crippen MR) is 88.7 cm³/mol. The van der Waals surface area contributed by atoms with Crippen LogP contribution >= 0.6 is 0 Å².